The summed E-state index contributed by atoms with van der Waals surface area (Å²) in [5.74, 6) is 0.636. The molecule has 0 saturated carbocycles. The van der Waals surface area contributed by atoms with E-state index in [9.17, 15) is 4.39 Å². The molecule has 1 aromatic carbocycles. The van der Waals surface area contributed by atoms with E-state index in [2.05, 4.69) is 0 Å². The summed E-state index contributed by atoms with van der Waals surface area (Å²) in [4.78, 5) is 0. The zero-order chi connectivity index (χ0) is 10.2. The van der Waals surface area contributed by atoms with Crippen molar-refractivity contribution >= 4 is 6.08 Å². The van der Waals surface area contributed by atoms with Crippen LogP contribution in [0.4, 0.5) is 4.39 Å². The molecule has 72 valence electrons. The minimum absolute atomic E-state index is 0.0768. The fourth-order valence-electron chi connectivity index (χ4n) is 0.965. The van der Waals surface area contributed by atoms with Gasteiger partial charge in [0.15, 0.2) is 0 Å². The number of ether oxygens (including phenoxy) is 1. The monoisotopic (exact) mass is 191 g/mol. The first-order valence-corrected chi connectivity index (χ1v) is 4.22. The van der Waals surface area contributed by atoms with Crippen LogP contribution in [0, 0.1) is 11.3 Å². The molecule has 1 aromatic rings. The zero-order valence-corrected chi connectivity index (χ0v) is 7.61. The van der Waals surface area contributed by atoms with Crippen LogP contribution < -0.4 is 4.74 Å². The maximum atomic E-state index is 11.8. The highest BCUT2D eigenvalue weighted by molar-refractivity contribution is 5.52. The van der Waals surface area contributed by atoms with Gasteiger partial charge in [-0.05, 0) is 23.8 Å². The summed E-state index contributed by atoms with van der Waals surface area (Å²) >= 11 is 0. The third kappa shape index (κ3) is 3.28. The van der Waals surface area contributed by atoms with E-state index in [0.717, 1.165) is 5.56 Å². The Morgan fingerprint density at radius 2 is 2.07 bits per heavy atom. The lowest BCUT2D eigenvalue weighted by atomic mass is 10.2. The first-order valence-electron chi connectivity index (χ1n) is 4.22. The molecule has 0 bridgehead atoms. The van der Waals surface area contributed by atoms with Crippen LogP contribution in [0.1, 0.15) is 5.56 Å². The third-order valence-electron chi connectivity index (χ3n) is 1.58. The summed E-state index contributed by atoms with van der Waals surface area (Å²) in [6.07, 6.45) is 3.09. The maximum absolute atomic E-state index is 11.8. The van der Waals surface area contributed by atoms with Crippen LogP contribution in [-0.2, 0) is 0 Å². The van der Waals surface area contributed by atoms with Gasteiger partial charge in [0.1, 0.15) is 19.0 Å². The van der Waals surface area contributed by atoms with E-state index < -0.39 is 6.67 Å². The van der Waals surface area contributed by atoms with Crippen molar-refractivity contribution < 1.29 is 9.13 Å². The van der Waals surface area contributed by atoms with Gasteiger partial charge in [-0.25, -0.2) is 4.39 Å². The van der Waals surface area contributed by atoms with Crippen molar-refractivity contribution in [2.75, 3.05) is 13.3 Å². The number of allylic oxidation sites excluding steroid dienone is 1. The number of alkyl halides is 1. The zero-order valence-electron chi connectivity index (χ0n) is 7.61. The molecular formula is C11H10FNO. The van der Waals surface area contributed by atoms with Crippen molar-refractivity contribution in [1.82, 2.24) is 0 Å². The Labute approximate surface area is 82.2 Å². The number of halogens is 1. The van der Waals surface area contributed by atoms with Crippen LogP contribution in [0.3, 0.4) is 0 Å². The predicted octanol–water partition coefficient (Wildman–Crippen LogP) is 2.57. The lowest BCUT2D eigenvalue weighted by molar-refractivity contribution is 0.273. The molecule has 0 aliphatic heterocycles. The molecule has 0 saturated heterocycles. The summed E-state index contributed by atoms with van der Waals surface area (Å²) in [5.41, 5.74) is 0.916. The van der Waals surface area contributed by atoms with Gasteiger partial charge in [0.05, 0.1) is 6.07 Å². The average Bonchev–Trinajstić information content (AvgIpc) is 2.25. The topological polar surface area (TPSA) is 33.0 Å². The Hall–Kier alpha value is -1.82. The van der Waals surface area contributed by atoms with E-state index in [1.807, 2.05) is 6.07 Å². The van der Waals surface area contributed by atoms with Crippen LogP contribution >= 0.6 is 0 Å². The summed E-state index contributed by atoms with van der Waals surface area (Å²) in [5, 5.41) is 8.30. The Kier molecular flexibility index (Phi) is 4.22. The molecule has 0 amide bonds. The largest absolute Gasteiger partial charge is 0.491 e. The number of hydrogen-bond donors (Lipinski definition) is 0. The molecule has 0 aliphatic carbocycles. The summed E-state index contributed by atoms with van der Waals surface area (Å²) in [7, 11) is 0. The van der Waals surface area contributed by atoms with Gasteiger partial charge >= 0.3 is 0 Å². The van der Waals surface area contributed by atoms with Gasteiger partial charge in [0, 0.05) is 6.08 Å². The van der Waals surface area contributed by atoms with Gasteiger partial charge in [-0.2, -0.15) is 5.26 Å². The molecule has 0 heterocycles. The maximum Gasteiger partial charge on any atom is 0.123 e. The Morgan fingerprint density at radius 3 is 2.64 bits per heavy atom. The molecule has 0 aliphatic rings. The molecular weight excluding hydrogens is 181 g/mol. The standard InChI is InChI=1S/C11H10FNO/c12-7-9-14-11-5-3-10(4-6-11)2-1-8-13/h1-6H,7,9H2. The molecule has 14 heavy (non-hydrogen) atoms. The highest BCUT2D eigenvalue weighted by Crippen LogP contribution is 2.12. The highest BCUT2D eigenvalue weighted by Gasteiger charge is 1.92. The van der Waals surface area contributed by atoms with Crippen molar-refractivity contribution in [2.45, 2.75) is 0 Å². The second-order valence-electron chi connectivity index (χ2n) is 2.57. The molecule has 0 aromatic heterocycles. The first-order chi connectivity index (χ1) is 6.86. The molecule has 0 N–H and O–H groups in total. The minimum atomic E-state index is -0.490. The van der Waals surface area contributed by atoms with Crippen LogP contribution in [0.5, 0.6) is 5.75 Å². The van der Waals surface area contributed by atoms with Crippen molar-refractivity contribution in [3.05, 3.63) is 35.9 Å². The van der Waals surface area contributed by atoms with Crippen molar-refractivity contribution in [2.24, 2.45) is 0 Å². The van der Waals surface area contributed by atoms with Crippen LogP contribution in [-0.4, -0.2) is 13.3 Å². The van der Waals surface area contributed by atoms with Crippen molar-refractivity contribution in [1.29, 1.82) is 5.26 Å². The number of nitrogens with zero attached hydrogens (tertiary/aromatic N) is 1. The van der Waals surface area contributed by atoms with E-state index in [-0.39, 0.29) is 6.61 Å². The highest BCUT2D eigenvalue weighted by atomic mass is 19.1. The number of rotatable bonds is 4. The molecule has 0 unspecified atom stereocenters. The van der Waals surface area contributed by atoms with Gasteiger partial charge < -0.3 is 4.74 Å². The molecule has 0 atom stereocenters. The van der Waals surface area contributed by atoms with Crippen LogP contribution in [0.25, 0.3) is 6.08 Å². The minimum Gasteiger partial charge on any atom is -0.491 e. The summed E-state index contributed by atoms with van der Waals surface area (Å²) < 4.78 is 16.8. The molecule has 1 rings (SSSR count). The van der Waals surface area contributed by atoms with E-state index in [1.54, 1.807) is 30.3 Å². The van der Waals surface area contributed by atoms with E-state index >= 15 is 0 Å². The predicted molar refractivity (Wildman–Crippen MR) is 52.6 cm³/mol. The van der Waals surface area contributed by atoms with Crippen LogP contribution in [0.15, 0.2) is 30.3 Å². The van der Waals surface area contributed by atoms with Gasteiger partial charge in [0.2, 0.25) is 0 Å². The molecule has 2 nitrogen and oxygen atoms in total. The normalized spacial score (nSPS) is 10.0. The lowest BCUT2D eigenvalue weighted by Gasteiger charge is -2.02. The first kappa shape index (κ1) is 10.3. The second-order valence-corrected chi connectivity index (χ2v) is 2.57. The number of hydrogen-bond acceptors (Lipinski definition) is 2. The van der Waals surface area contributed by atoms with Gasteiger partial charge in [-0.3, -0.25) is 0 Å². The van der Waals surface area contributed by atoms with Gasteiger partial charge in [0.25, 0.3) is 0 Å². The fraction of sp³-hybridized carbons (Fsp3) is 0.182. The quantitative estimate of drug-likeness (QED) is 0.685. The average molecular weight is 191 g/mol. The Morgan fingerprint density at radius 1 is 1.36 bits per heavy atom. The number of nitriles is 1. The smallest absolute Gasteiger partial charge is 0.123 e. The van der Waals surface area contributed by atoms with Gasteiger partial charge in [-0.1, -0.05) is 12.1 Å². The number of benzene rings is 1. The summed E-state index contributed by atoms with van der Waals surface area (Å²) in [6.45, 7) is -0.413. The van der Waals surface area contributed by atoms with E-state index in [1.165, 1.54) is 6.08 Å². The SMILES string of the molecule is N#CC=Cc1ccc(OCCF)cc1. The fourth-order valence-corrected chi connectivity index (χ4v) is 0.965. The van der Waals surface area contributed by atoms with Crippen LogP contribution in [0.2, 0.25) is 0 Å². The molecule has 0 radical (unpaired) electrons. The molecule has 0 fully saturated rings. The summed E-state index contributed by atoms with van der Waals surface area (Å²) in [6, 6.07) is 9.00. The Bertz CT molecular complexity index is 337. The Balaban J connectivity index is 2.60. The second kappa shape index (κ2) is 5.76. The molecule has 0 spiro atoms. The molecule has 3 heteroatoms. The van der Waals surface area contributed by atoms with Crippen molar-refractivity contribution in [3.63, 3.8) is 0 Å². The van der Waals surface area contributed by atoms with E-state index in [4.69, 9.17) is 10.00 Å². The van der Waals surface area contributed by atoms with E-state index in [0.29, 0.717) is 5.75 Å². The van der Waals surface area contributed by atoms with Gasteiger partial charge in [-0.15, -0.1) is 0 Å². The third-order valence-corrected chi connectivity index (χ3v) is 1.58. The lowest BCUT2D eigenvalue weighted by Crippen LogP contribution is -1.97. The van der Waals surface area contributed by atoms with Crippen molar-refractivity contribution in [3.8, 4) is 11.8 Å².